The third-order valence-corrected chi connectivity index (χ3v) is 8.16. The Labute approximate surface area is 240 Å². The number of methoxy groups -OCH3 is 2. The maximum atomic E-state index is 14.2. The third-order valence-electron chi connectivity index (χ3n) is 7.75. The first-order valence-electron chi connectivity index (χ1n) is 13.2. The Bertz CT molecular complexity index is 1570. The molecule has 7 heteroatoms. The minimum absolute atomic E-state index is 0.0309. The topological polar surface area (TPSA) is 82.9 Å². The second-order valence-corrected chi connectivity index (χ2v) is 11.4. The second kappa shape index (κ2) is 10.5. The number of allylic oxidation sites excluding steroid dienone is 2. The summed E-state index contributed by atoms with van der Waals surface area (Å²) in [7, 11) is 3.12. The van der Waals surface area contributed by atoms with Crippen LogP contribution in [0.3, 0.4) is 0 Å². The Morgan fingerprint density at radius 1 is 1.00 bits per heavy atom. The van der Waals surface area contributed by atoms with Crippen LogP contribution in [-0.4, -0.2) is 30.9 Å². The van der Waals surface area contributed by atoms with Crippen molar-refractivity contribution in [1.82, 2.24) is 0 Å². The number of ether oxygens (including phenoxy) is 2. The smallest absolute Gasteiger partial charge is 0.164 e. The number of Topliss-reactive ketones (excluding diaryl/α,β-unsaturated/α-hetero) is 1. The van der Waals surface area contributed by atoms with Crippen molar-refractivity contribution in [2.75, 3.05) is 19.1 Å². The minimum Gasteiger partial charge on any atom is -0.507 e. The van der Waals surface area contributed by atoms with E-state index in [2.05, 4.69) is 13.8 Å². The molecule has 0 bridgehead atoms. The molecule has 0 radical (unpaired) electrons. The molecule has 0 amide bonds. The molecule has 3 aromatic carbocycles. The molecule has 1 heterocycles. The van der Waals surface area contributed by atoms with Crippen molar-refractivity contribution < 1.29 is 19.4 Å². The first-order chi connectivity index (χ1) is 19.1. The van der Waals surface area contributed by atoms with Crippen LogP contribution in [0, 0.1) is 17.7 Å². The van der Waals surface area contributed by atoms with E-state index in [1.54, 1.807) is 43.4 Å². The van der Waals surface area contributed by atoms with Crippen molar-refractivity contribution in [3.05, 3.63) is 105 Å². The van der Waals surface area contributed by atoms with Crippen LogP contribution in [0.4, 0.5) is 5.69 Å². The predicted octanol–water partition coefficient (Wildman–Crippen LogP) is 7.86. The Kier molecular flexibility index (Phi) is 7.23. The van der Waals surface area contributed by atoms with Gasteiger partial charge in [0.1, 0.15) is 11.6 Å². The van der Waals surface area contributed by atoms with Gasteiger partial charge in [0.25, 0.3) is 0 Å². The number of carbonyl (C=O) groups excluding carboxylic acids is 1. The van der Waals surface area contributed by atoms with Crippen LogP contribution in [-0.2, 0) is 4.79 Å². The van der Waals surface area contributed by atoms with Crippen molar-refractivity contribution >= 4 is 34.7 Å². The number of benzene rings is 3. The zero-order valence-electron chi connectivity index (χ0n) is 23.3. The molecular weight excluding hydrogens is 524 g/mol. The highest BCUT2D eigenvalue weighted by Crippen LogP contribution is 2.54. The standard InChI is InChI=1S/C33H33ClN2O4/c1-19-22(34)14-10-15-23(19)36-24-17-33(2,3)18-25(37)28(24)27(21-13-9-16-26(39-4)31(21)40-5)29(32(36)35)30(38)20-11-7-6-8-12-20/h6-16,27,35,38H,17-18H2,1-5H3/b30-29+,35-32?. The lowest BCUT2D eigenvalue weighted by atomic mass is 9.67. The first-order valence-corrected chi connectivity index (χ1v) is 13.6. The van der Waals surface area contributed by atoms with Gasteiger partial charge in [-0.3, -0.25) is 15.1 Å². The van der Waals surface area contributed by atoms with Gasteiger partial charge in [-0.15, -0.1) is 0 Å². The molecule has 2 N–H and O–H groups in total. The molecular formula is C33H33ClN2O4. The molecule has 1 aliphatic heterocycles. The van der Waals surface area contributed by atoms with E-state index >= 15 is 0 Å². The van der Waals surface area contributed by atoms with Crippen molar-refractivity contribution in [1.29, 1.82) is 5.41 Å². The van der Waals surface area contributed by atoms with E-state index in [9.17, 15) is 15.3 Å². The number of ketones is 1. The highest BCUT2D eigenvalue weighted by atomic mass is 35.5. The summed E-state index contributed by atoms with van der Waals surface area (Å²) in [5.74, 6) is 0.172. The first kappa shape index (κ1) is 27.5. The van der Waals surface area contributed by atoms with E-state index in [0.717, 1.165) is 11.3 Å². The fourth-order valence-corrected chi connectivity index (χ4v) is 6.09. The fraction of sp³-hybridized carbons (Fsp3) is 0.273. The van der Waals surface area contributed by atoms with Crippen molar-refractivity contribution in [3.63, 3.8) is 0 Å². The lowest BCUT2D eigenvalue weighted by molar-refractivity contribution is -0.118. The molecule has 3 aromatic rings. The monoisotopic (exact) mass is 556 g/mol. The number of hydrogen-bond acceptors (Lipinski definition) is 5. The van der Waals surface area contributed by atoms with E-state index in [0.29, 0.717) is 57.3 Å². The minimum atomic E-state index is -0.757. The Morgan fingerprint density at radius 3 is 2.38 bits per heavy atom. The summed E-state index contributed by atoms with van der Waals surface area (Å²) in [6, 6.07) is 20.2. The maximum Gasteiger partial charge on any atom is 0.164 e. The average molecular weight is 557 g/mol. The molecule has 0 aromatic heterocycles. The molecule has 0 fully saturated rings. The van der Waals surface area contributed by atoms with Gasteiger partial charge < -0.3 is 14.6 Å². The van der Waals surface area contributed by atoms with Crippen LogP contribution in [0.2, 0.25) is 5.02 Å². The zero-order valence-corrected chi connectivity index (χ0v) is 24.1. The van der Waals surface area contributed by atoms with E-state index < -0.39 is 5.92 Å². The second-order valence-electron chi connectivity index (χ2n) is 11.0. The van der Waals surface area contributed by atoms with Crippen LogP contribution in [0.15, 0.2) is 83.6 Å². The molecule has 1 aliphatic carbocycles. The van der Waals surface area contributed by atoms with Crippen LogP contribution < -0.4 is 14.4 Å². The lowest BCUT2D eigenvalue weighted by Crippen LogP contribution is -2.45. The number of anilines is 1. The van der Waals surface area contributed by atoms with Crippen molar-refractivity contribution in [3.8, 4) is 11.5 Å². The number of nitrogens with zero attached hydrogens (tertiary/aromatic N) is 1. The van der Waals surface area contributed by atoms with Gasteiger partial charge in [0.2, 0.25) is 0 Å². The average Bonchev–Trinajstić information content (AvgIpc) is 2.93. The Hall–Kier alpha value is -4.03. The van der Waals surface area contributed by atoms with Crippen molar-refractivity contribution in [2.24, 2.45) is 5.41 Å². The fourth-order valence-electron chi connectivity index (χ4n) is 5.92. The molecule has 206 valence electrons. The molecule has 1 atom stereocenters. The van der Waals surface area contributed by atoms with Gasteiger partial charge in [-0.2, -0.15) is 0 Å². The quantitative estimate of drug-likeness (QED) is 0.312. The number of carbonyl (C=O) groups is 1. The summed E-state index contributed by atoms with van der Waals surface area (Å²) in [6.07, 6.45) is 0.897. The molecule has 0 saturated heterocycles. The molecule has 1 unspecified atom stereocenters. The highest BCUT2D eigenvalue weighted by molar-refractivity contribution is 6.32. The van der Waals surface area contributed by atoms with E-state index in [4.69, 9.17) is 21.1 Å². The van der Waals surface area contributed by atoms with Crippen LogP contribution in [0.1, 0.15) is 49.3 Å². The normalized spacial score (nSPS) is 19.9. The number of amidine groups is 1. The van der Waals surface area contributed by atoms with Crippen LogP contribution in [0.25, 0.3) is 5.76 Å². The van der Waals surface area contributed by atoms with Gasteiger partial charge in [0.15, 0.2) is 17.3 Å². The SMILES string of the molecule is COc1cccc(C2C3=C(CC(C)(C)CC3=O)N(c3cccc(Cl)c3C)C(=N)/C2=C(/O)c2ccccc2)c1OC. The molecule has 0 saturated carbocycles. The zero-order chi connectivity index (χ0) is 28.8. The molecule has 0 spiro atoms. The van der Waals surface area contributed by atoms with Gasteiger partial charge in [-0.25, -0.2) is 0 Å². The molecule has 5 rings (SSSR count). The number of aliphatic hydroxyl groups is 1. The molecule has 6 nitrogen and oxygen atoms in total. The highest BCUT2D eigenvalue weighted by Gasteiger charge is 2.48. The van der Waals surface area contributed by atoms with Crippen molar-refractivity contribution in [2.45, 2.75) is 39.5 Å². The molecule has 2 aliphatic rings. The maximum absolute atomic E-state index is 14.2. The largest absolute Gasteiger partial charge is 0.507 e. The number of hydrogen-bond donors (Lipinski definition) is 2. The van der Waals surface area contributed by atoms with Gasteiger partial charge in [0.05, 0.1) is 25.8 Å². The number of rotatable bonds is 5. The summed E-state index contributed by atoms with van der Waals surface area (Å²) in [5.41, 5.74) is 3.93. The summed E-state index contributed by atoms with van der Waals surface area (Å²) < 4.78 is 11.4. The van der Waals surface area contributed by atoms with Gasteiger partial charge in [-0.1, -0.05) is 74.0 Å². The summed E-state index contributed by atoms with van der Waals surface area (Å²) in [6.45, 7) is 6.03. The summed E-state index contributed by atoms with van der Waals surface area (Å²) in [5, 5.41) is 22.1. The van der Waals surface area contributed by atoms with E-state index in [-0.39, 0.29) is 22.8 Å². The molecule has 40 heavy (non-hydrogen) atoms. The van der Waals surface area contributed by atoms with Crippen LogP contribution in [0.5, 0.6) is 11.5 Å². The summed E-state index contributed by atoms with van der Waals surface area (Å²) >= 11 is 6.56. The van der Waals surface area contributed by atoms with E-state index in [1.807, 2.05) is 49.4 Å². The number of nitrogens with one attached hydrogen (secondary N) is 1. The Balaban J connectivity index is 1.93. The van der Waals surface area contributed by atoms with Gasteiger partial charge in [-0.05, 0) is 42.5 Å². The predicted molar refractivity (Wildman–Crippen MR) is 160 cm³/mol. The van der Waals surface area contributed by atoms with E-state index in [1.165, 1.54) is 0 Å². The number of para-hydroxylation sites is 1. The Morgan fingerprint density at radius 2 is 1.70 bits per heavy atom. The van der Waals surface area contributed by atoms with Crippen LogP contribution >= 0.6 is 11.6 Å². The van der Waals surface area contributed by atoms with Gasteiger partial charge in [0, 0.05) is 39.4 Å². The lowest BCUT2D eigenvalue weighted by Gasteiger charge is -2.45. The third kappa shape index (κ3) is 4.56. The number of aliphatic hydroxyl groups excluding tert-OH is 1. The summed E-state index contributed by atoms with van der Waals surface area (Å²) in [4.78, 5) is 16.0. The van der Waals surface area contributed by atoms with Gasteiger partial charge >= 0.3 is 0 Å². The number of halogens is 1.